The van der Waals surface area contributed by atoms with Gasteiger partial charge < -0.3 is 19.4 Å². The average Bonchev–Trinajstić information content (AvgIpc) is 2.82. The predicted molar refractivity (Wildman–Crippen MR) is 121 cm³/mol. The summed E-state index contributed by atoms with van der Waals surface area (Å²) < 4.78 is 56.8. The van der Waals surface area contributed by atoms with Crippen molar-refractivity contribution in [1.82, 2.24) is 14.7 Å². The fourth-order valence-electron chi connectivity index (χ4n) is 5.39. The molecule has 3 aliphatic rings. The molecule has 2 saturated carbocycles. The standard InChI is InChI=1S/C23H39F4N5O2/c1-2-30-10-12-31(13-11-30)22(33)32(19-5-3-4-18(24)14-19)15-16-6-8-17(9-7-16)20(28)34-21(29)23(25,26)27/h16-19,21,28H,2-15,29H2,1H3. The van der Waals surface area contributed by atoms with Crippen LogP contribution in [0.5, 0.6) is 0 Å². The number of amides is 2. The van der Waals surface area contributed by atoms with Crippen molar-refractivity contribution in [2.75, 3.05) is 39.3 Å². The molecule has 7 nitrogen and oxygen atoms in total. The van der Waals surface area contributed by atoms with Crippen LogP contribution in [0.2, 0.25) is 0 Å². The lowest BCUT2D eigenvalue weighted by Crippen LogP contribution is -2.56. The molecule has 3 unspecified atom stereocenters. The summed E-state index contributed by atoms with van der Waals surface area (Å²) in [7, 11) is 0. The van der Waals surface area contributed by atoms with Crippen molar-refractivity contribution in [3.05, 3.63) is 0 Å². The van der Waals surface area contributed by atoms with Crippen LogP contribution >= 0.6 is 0 Å². The zero-order valence-electron chi connectivity index (χ0n) is 20.0. The smallest absolute Gasteiger partial charge is 0.439 e. The topological polar surface area (TPSA) is 85.9 Å². The van der Waals surface area contributed by atoms with E-state index in [0.717, 1.165) is 32.5 Å². The Balaban J connectivity index is 1.58. The highest BCUT2D eigenvalue weighted by Gasteiger charge is 2.41. The van der Waals surface area contributed by atoms with Crippen molar-refractivity contribution in [3.8, 4) is 0 Å². The average molecular weight is 494 g/mol. The summed E-state index contributed by atoms with van der Waals surface area (Å²) in [5.41, 5.74) is 5.00. The van der Waals surface area contributed by atoms with Crippen molar-refractivity contribution < 1.29 is 27.1 Å². The molecule has 1 heterocycles. The van der Waals surface area contributed by atoms with Crippen LogP contribution in [0.15, 0.2) is 0 Å². The van der Waals surface area contributed by atoms with Gasteiger partial charge in [-0.3, -0.25) is 11.1 Å². The summed E-state index contributed by atoms with van der Waals surface area (Å²) in [4.78, 5) is 19.5. The van der Waals surface area contributed by atoms with E-state index < -0.39 is 30.4 Å². The Morgan fingerprint density at radius 3 is 2.32 bits per heavy atom. The van der Waals surface area contributed by atoms with Gasteiger partial charge in [-0.05, 0) is 63.8 Å². The lowest BCUT2D eigenvalue weighted by molar-refractivity contribution is -0.198. The van der Waals surface area contributed by atoms with E-state index in [2.05, 4.69) is 16.6 Å². The number of halogens is 4. The van der Waals surface area contributed by atoms with Gasteiger partial charge in [-0.15, -0.1) is 0 Å². The number of urea groups is 1. The van der Waals surface area contributed by atoms with Gasteiger partial charge in [0, 0.05) is 44.7 Å². The molecule has 196 valence electrons. The predicted octanol–water partition coefficient (Wildman–Crippen LogP) is 3.97. The molecule has 0 spiro atoms. The van der Waals surface area contributed by atoms with Crippen LogP contribution in [0.1, 0.15) is 58.3 Å². The molecular weight excluding hydrogens is 454 g/mol. The molecule has 0 bridgehead atoms. The van der Waals surface area contributed by atoms with E-state index in [1.807, 2.05) is 9.80 Å². The number of nitrogens with one attached hydrogen (secondary N) is 1. The first-order chi connectivity index (χ1) is 16.1. The van der Waals surface area contributed by atoms with E-state index >= 15 is 0 Å². The Hall–Kier alpha value is -1.62. The van der Waals surface area contributed by atoms with Gasteiger partial charge in [0.1, 0.15) is 6.17 Å². The summed E-state index contributed by atoms with van der Waals surface area (Å²) in [6.45, 7) is 6.57. The first-order valence-corrected chi connectivity index (χ1v) is 12.6. The van der Waals surface area contributed by atoms with Crippen molar-refractivity contribution in [2.45, 2.75) is 82.9 Å². The van der Waals surface area contributed by atoms with E-state index in [-0.39, 0.29) is 18.0 Å². The maximum atomic E-state index is 14.2. The van der Waals surface area contributed by atoms with Gasteiger partial charge in [0.05, 0.1) is 0 Å². The molecule has 3 N–H and O–H groups in total. The first kappa shape index (κ1) is 27.0. The first-order valence-electron chi connectivity index (χ1n) is 12.6. The molecule has 3 atom stereocenters. The second-order valence-corrected chi connectivity index (χ2v) is 9.94. The number of rotatable bonds is 6. The molecule has 0 aromatic rings. The fourth-order valence-corrected chi connectivity index (χ4v) is 5.39. The van der Waals surface area contributed by atoms with Gasteiger partial charge in [0.2, 0.25) is 6.23 Å². The highest BCUT2D eigenvalue weighted by Crippen LogP contribution is 2.34. The zero-order valence-corrected chi connectivity index (χ0v) is 20.0. The number of carbonyl (C=O) groups is 1. The van der Waals surface area contributed by atoms with Crippen LogP contribution in [0.3, 0.4) is 0 Å². The van der Waals surface area contributed by atoms with Gasteiger partial charge >= 0.3 is 12.2 Å². The molecule has 1 saturated heterocycles. The minimum Gasteiger partial charge on any atom is -0.453 e. The van der Waals surface area contributed by atoms with Crippen LogP contribution < -0.4 is 5.73 Å². The summed E-state index contributed by atoms with van der Waals surface area (Å²) in [5.74, 6) is -0.653. The van der Waals surface area contributed by atoms with Crippen molar-refractivity contribution in [3.63, 3.8) is 0 Å². The number of ether oxygens (including phenoxy) is 1. The number of nitrogens with zero attached hydrogens (tertiary/aromatic N) is 3. The fraction of sp³-hybridized carbons (Fsp3) is 0.913. The van der Waals surface area contributed by atoms with Crippen molar-refractivity contribution in [2.24, 2.45) is 17.6 Å². The molecule has 0 aromatic carbocycles. The van der Waals surface area contributed by atoms with Crippen molar-refractivity contribution >= 4 is 11.9 Å². The zero-order chi connectivity index (χ0) is 24.9. The van der Waals surface area contributed by atoms with Gasteiger partial charge in [-0.2, -0.15) is 13.2 Å². The maximum absolute atomic E-state index is 14.2. The number of nitrogens with two attached hydrogens (primary N) is 1. The number of alkyl halides is 4. The number of carbonyl (C=O) groups excluding carboxylic acids is 1. The van der Waals surface area contributed by atoms with Gasteiger partial charge in [-0.1, -0.05) is 6.92 Å². The van der Waals surface area contributed by atoms with Gasteiger partial charge in [0.15, 0.2) is 5.90 Å². The van der Waals surface area contributed by atoms with E-state index in [1.54, 1.807) is 0 Å². The number of hydrogen-bond donors (Lipinski definition) is 2. The molecule has 2 amide bonds. The second kappa shape index (κ2) is 11.9. The van der Waals surface area contributed by atoms with Crippen LogP contribution in [0.25, 0.3) is 0 Å². The summed E-state index contributed by atoms with van der Waals surface area (Å²) in [6, 6.07) is -0.145. The molecule has 3 fully saturated rings. The Bertz CT molecular complexity index is 679. The Labute approximate surface area is 199 Å². The van der Waals surface area contributed by atoms with E-state index in [1.165, 1.54) is 0 Å². The molecule has 0 radical (unpaired) electrons. The quantitative estimate of drug-likeness (QED) is 0.254. The van der Waals surface area contributed by atoms with Crippen LogP contribution in [0.4, 0.5) is 22.4 Å². The number of likely N-dealkylation sites (N-methyl/N-ethyl adjacent to an activating group) is 1. The third-order valence-corrected chi connectivity index (χ3v) is 7.61. The minimum atomic E-state index is -4.71. The Morgan fingerprint density at radius 1 is 1.12 bits per heavy atom. The lowest BCUT2D eigenvalue weighted by Gasteiger charge is -2.43. The highest BCUT2D eigenvalue weighted by atomic mass is 19.4. The van der Waals surface area contributed by atoms with E-state index in [4.69, 9.17) is 11.1 Å². The van der Waals surface area contributed by atoms with E-state index in [0.29, 0.717) is 58.2 Å². The monoisotopic (exact) mass is 493 g/mol. The molecular formula is C23H39F4N5O2. The number of hydrogen-bond acceptors (Lipinski definition) is 5. The number of piperazine rings is 1. The minimum absolute atomic E-state index is 0.0239. The van der Waals surface area contributed by atoms with E-state index in [9.17, 15) is 22.4 Å². The van der Waals surface area contributed by atoms with Crippen molar-refractivity contribution in [1.29, 1.82) is 5.41 Å². The highest BCUT2D eigenvalue weighted by molar-refractivity contribution is 5.76. The summed E-state index contributed by atoms with van der Waals surface area (Å²) >= 11 is 0. The molecule has 1 aliphatic heterocycles. The SMILES string of the molecule is CCN1CCN(C(=O)N(CC2CCC(C(=N)OC(N)C(F)(F)F)CC2)C2CCCC(F)C2)CC1. The summed E-state index contributed by atoms with van der Waals surface area (Å²) in [6.07, 6.45) is -3.23. The van der Waals surface area contributed by atoms with Crippen LogP contribution in [0, 0.1) is 17.2 Å². The van der Waals surface area contributed by atoms with Crippen LogP contribution in [-0.2, 0) is 4.74 Å². The summed E-state index contributed by atoms with van der Waals surface area (Å²) in [5, 5.41) is 7.90. The molecule has 2 aliphatic carbocycles. The third-order valence-electron chi connectivity index (χ3n) is 7.61. The normalized spacial score (nSPS) is 30.0. The van der Waals surface area contributed by atoms with Gasteiger partial charge in [0.25, 0.3) is 0 Å². The van der Waals surface area contributed by atoms with Gasteiger partial charge in [-0.25, -0.2) is 9.18 Å². The molecule has 11 heteroatoms. The largest absolute Gasteiger partial charge is 0.453 e. The van der Waals surface area contributed by atoms with Crippen LogP contribution in [-0.4, -0.2) is 90.5 Å². The molecule has 3 rings (SSSR count). The molecule has 0 aromatic heterocycles. The lowest BCUT2D eigenvalue weighted by atomic mass is 9.81. The Morgan fingerprint density at radius 2 is 1.76 bits per heavy atom. The molecule has 34 heavy (non-hydrogen) atoms. The maximum Gasteiger partial charge on any atom is 0.439 e. The second-order valence-electron chi connectivity index (χ2n) is 9.94. The third kappa shape index (κ3) is 7.19. The Kier molecular flexibility index (Phi) is 9.42.